The summed E-state index contributed by atoms with van der Waals surface area (Å²) in [4.78, 5) is 0. The van der Waals surface area contributed by atoms with E-state index >= 15 is 0 Å². The van der Waals surface area contributed by atoms with Gasteiger partial charge in [-0.25, -0.2) is 0 Å². The fourth-order valence-electron chi connectivity index (χ4n) is 2.28. The molecule has 2 atom stereocenters. The van der Waals surface area contributed by atoms with E-state index in [4.69, 9.17) is 11.0 Å². The molecule has 0 radical (unpaired) electrons. The Morgan fingerprint density at radius 2 is 2.29 bits per heavy atom. The first-order valence-electron chi connectivity index (χ1n) is 5.92. The van der Waals surface area contributed by atoms with Crippen molar-refractivity contribution in [3.05, 3.63) is 23.8 Å². The smallest absolute Gasteiger partial charge is 0.101 e. The van der Waals surface area contributed by atoms with Crippen LogP contribution in [-0.4, -0.2) is 17.8 Å². The van der Waals surface area contributed by atoms with E-state index in [2.05, 4.69) is 5.32 Å². The fraction of sp³-hybridized carbons (Fsp3) is 0.462. The molecule has 0 aromatic heterocycles. The van der Waals surface area contributed by atoms with Crippen molar-refractivity contribution >= 4 is 11.4 Å². The highest BCUT2D eigenvalue weighted by atomic mass is 16.3. The van der Waals surface area contributed by atoms with Gasteiger partial charge in [0.05, 0.1) is 17.4 Å². The minimum atomic E-state index is -0.182. The maximum absolute atomic E-state index is 9.70. The van der Waals surface area contributed by atoms with Gasteiger partial charge in [-0.15, -0.1) is 0 Å². The topological polar surface area (TPSA) is 82.1 Å². The summed E-state index contributed by atoms with van der Waals surface area (Å²) in [5, 5.41) is 21.7. The Labute approximate surface area is 101 Å². The molecule has 0 spiro atoms. The van der Waals surface area contributed by atoms with Crippen LogP contribution in [0, 0.1) is 17.2 Å². The molecule has 1 aromatic rings. The number of nitrogens with zero attached hydrogens (tertiary/aromatic N) is 1. The molecule has 1 saturated carbocycles. The molecule has 1 aliphatic rings. The molecule has 0 bridgehead atoms. The number of nitrogens with two attached hydrogens (primary N) is 1. The van der Waals surface area contributed by atoms with E-state index in [1.54, 1.807) is 12.1 Å². The Hall–Kier alpha value is -1.73. The molecular formula is C13H17N3O. The minimum Gasteiger partial charge on any atom is -0.398 e. The van der Waals surface area contributed by atoms with E-state index in [-0.39, 0.29) is 6.10 Å². The molecule has 17 heavy (non-hydrogen) atoms. The Bertz CT molecular complexity index is 439. The summed E-state index contributed by atoms with van der Waals surface area (Å²) in [7, 11) is 0. The van der Waals surface area contributed by atoms with E-state index in [0.717, 1.165) is 31.5 Å². The average molecular weight is 231 g/mol. The Balaban J connectivity index is 1.95. The summed E-state index contributed by atoms with van der Waals surface area (Å²) >= 11 is 0. The van der Waals surface area contributed by atoms with E-state index in [0.29, 0.717) is 17.2 Å². The first kappa shape index (κ1) is 11.7. The standard InChI is InChI=1S/C13H17N3O/c14-7-9-4-5-11(6-12(9)15)16-8-10-2-1-3-13(10)17/h4-6,10,13,16-17H,1-3,8,15H2. The first-order chi connectivity index (χ1) is 8.20. The van der Waals surface area contributed by atoms with Gasteiger partial charge in [0.25, 0.3) is 0 Å². The highest BCUT2D eigenvalue weighted by molar-refractivity contribution is 5.62. The van der Waals surface area contributed by atoms with Crippen molar-refractivity contribution in [1.82, 2.24) is 0 Å². The highest BCUT2D eigenvalue weighted by Gasteiger charge is 2.24. The van der Waals surface area contributed by atoms with Crippen LogP contribution in [0.3, 0.4) is 0 Å². The summed E-state index contributed by atoms with van der Waals surface area (Å²) in [6.07, 6.45) is 2.89. The molecular weight excluding hydrogens is 214 g/mol. The zero-order valence-electron chi connectivity index (χ0n) is 9.69. The molecule has 90 valence electrons. The van der Waals surface area contributed by atoms with Gasteiger partial charge in [0, 0.05) is 18.2 Å². The first-order valence-corrected chi connectivity index (χ1v) is 5.92. The van der Waals surface area contributed by atoms with Gasteiger partial charge in [0.15, 0.2) is 0 Å². The molecule has 0 amide bonds. The number of nitriles is 1. The molecule has 4 nitrogen and oxygen atoms in total. The third kappa shape index (κ3) is 2.69. The van der Waals surface area contributed by atoms with Crippen molar-refractivity contribution in [1.29, 1.82) is 5.26 Å². The van der Waals surface area contributed by atoms with Crippen molar-refractivity contribution in [3.63, 3.8) is 0 Å². The van der Waals surface area contributed by atoms with Gasteiger partial charge in [-0.05, 0) is 31.0 Å². The third-order valence-electron chi connectivity index (χ3n) is 3.36. The lowest BCUT2D eigenvalue weighted by Gasteiger charge is -2.16. The zero-order valence-corrected chi connectivity index (χ0v) is 9.69. The molecule has 0 heterocycles. The summed E-state index contributed by atoms with van der Waals surface area (Å²) in [6.45, 7) is 0.756. The van der Waals surface area contributed by atoms with Crippen LogP contribution in [0.25, 0.3) is 0 Å². The number of anilines is 2. The maximum Gasteiger partial charge on any atom is 0.101 e. The Morgan fingerprint density at radius 1 is 1.47 bits per heavy atom. The zero-order chi connectivity index (χ0) is 12.3. The van der Waals surface area contributed by atoms with Crippen LogP contribution in [0.4, 0.5) is 11.4 Å². The number of rotatable bonds is 3. The number of nitrogens with one attached hydrogen (secondary N) is 1. The SMILES string of the molecule is N#Cc1ccc(NCC2CCCC2O)cc1N. The molecule has 1 fully saturated rings. The molecule has 1 aliphatic carbocycles. The van der Waals surface area contributed by atoms with Crippen molar-refractivity contribution in [2.75, 3.05) is 17.6 Å². The maximum atomic E-state index is 9.70. The van der Waals surface area contributed by atoms with Crippen molar-refractivity contribution < 1.29 is 5.11 Å². The fourth-order valence-corrected chi connectivity index (χ4v) is 2.28. The molecule has 2 rings (SSSR count). The third-order valence-corrected chi connectivity index (χ3v) is 3.36. The summed E-state index contributed by atoms with van der Waals surface area (Å²) in [6, 6.07) is 7.35. The van der Waals surface area contributed by atoms with Crippen molar-refractivity contribution in [2.24, 2.45) is 5.92 Å². The lowest BCUT2D eigenvalue weighted by atomic mass is 10.1. The predicted molar refractivity (Wildman–Crippen MR) is 67.4 cm³/mol. The molecule has 4 heteroatoms. The Kier molecular flexibility index (Phi) is 3.50. The van der Waals surface area contributed by atoms with Gasteiger partial charge < -0.3 is 16.2 Å². The number of hydrogen-bond donors (Lipinski definition) is 3. The minimum absolute atomic E-state index is 0.182. The van der Waals surface area contributed by atoms with Crippen LogP contribution in [0.2, 0.25) is 0 Å². The Morgan fingerprint density at radius 3 is 2.88 bits per heavy atom. The molecule has 0 aliphatic heterocycles. The quantitative estimate of drug-likeness (QED) is 0.692. The largest absolute Gasteiger partial charge is 0.398 e. The van der Waals surface area contributed by atoms with Crippen LogP contribution >= 0.6 is 0 Å². The number of benzene rings is 1. The molecule has 2 unspecified atom stereocenters. The van der Waals surface area contributed by atoms with Gasteiger partial charge in [-0.2, -0.15) is 5.26 Å². The summed E-state index contributed by atoms with van der Waals surface area (Å²) in [5.41, 5.74) is 7.62. The second-order valence-corrected chi connectivity index (χ2v) is 4.55. The number of aliphatic hydroxyl groups is 1. The summed E-state index contributed by atoms with van der Waals surface area (Å²) < 4.78 is 0. The lowest BCUT2D eigenvalue weighted by molar-refractivity contribution is 0.138. The monoisotopic (exact) mass is 231 g/mol. The molecule has 4 N–H and O–H groups in total. The average Bonchev–Trinajstić information content (AvgIpc) is 2.72. The lowest BCUT2D eigenvalue weighted by Crippen LogP contribution is -2.21. The van der Waals surface area contributed by atoms with E-state index in [9.17, 15) is 5.11 Å². The van der Waals surface area contributed by atoms with E-state index < -0.39 is 0 Å². The van der Waals surface area contributed by atoms with Crippen LogP contribution in [0.5, 0.6) is 0 Å². The predicted octanol–water partition coefficient (Wildman–Crippen LogP) is 1.71. The molecule has 0 saturated heterocycles. The van der Waals surface area contributed by atoms with Crippen LogP contribution in [0.1, 0.15) is 24.8 Å². The van der Waals surface area contributed by atoms with Gasteiger partial charge in [0.2, 0.25) is 0 Å². The second-order valence-electron chi connectivity index (χ2n) is 4.55. The van der Waals surface area contributed by atoms with Gasteiger partial charge in [0.1, 0.15) is 6.07 Å². The molecule has 1 aromatic carbocycles. The van der Waals surface area contributed by atoms with E-state index in [1.807, 2.05) is 12.1 Å². The summed E-state index contributed by atoms with van der Waals surface area (Å²) in [5.74, 6) is 0.326. The van der Waals surface area contributed by atoms with Gasteiger partial charge in [-0.3, -0.25) is 0 Å². The van der Waals surface area contributed by atoms with E-state index in [1.165, 1.54) is 0 Å². The van der Waals surface area contributed by atoms with Crippen molar-refractivity contribution in [2.45, 2.75) is 25.4 Å². The van der Waals surface area contributed by atoms with Crippen LogP contribution < -0.4 is 11.1 Å². The highest BCUT2D eigenvalue weighted by Crippen LogP contribution is 2.26. The van der Waals surface area contributed by atoms with Crippen molar-refractivity contribution in [3.8, 4) is 6.07 Å². The van der Waals surface area contributed by atoms with Crippen LogP contribution in [0.15, 0.2) is 18.2 Å². The van der Waals surface area contributed by atoms with Gasteiger partial charge in [-0.1, -0.05) is 6.42 Å². The second kappa shape index (κ2) is 5.07. The number of nitrogen functional groups attached to an aromatic ring is 1. The van der Waals surface area contributed by atoms with Gasteiger partial charge >= 0.3 is 0 Å². The number of hydrogen-bond acceptors (Lipinski definition) is 4. The van der Waals surface area contributed by atoms with Crippen LogP contribution in [-0.2, 0) is 0 Å². The number of aliphatic hydroxyl groups excluding tert-OH is 1. The normalized spacial score (nSPS) is 23.3.